The average Bonchev–Trinajstić information content (AvgIpc) is 2.88. The van der Waals surface area contributed by atoms with Crippen molar-refractivity contribution in [3.63, 3.8) is 0 Å². The number of allylic oxidation sites excluding steroid dienone is 1. The van der Waals surface area contributed by atoms with Crippen molar-refractivity contribution in [2.75, 3.05) is 26.8 Å². The van der Waals surface area contributed by atoms with Gasteiger partial charge in [0.1, 0.15) is 6.10 Å². The van der Waals surface area contributed by atoms with E-state index in [1.165, 1.54) is 12.5 Å². The van der Waals surface area contributed by atoms with Gasteiger partial charge in [-0.15, -0.1) is 0 Å². The zero-order valence-corrected chi connectivity index (χ0v) is 22.2. The van der Waals surface area contributed by atoms with Crippen LogP contribution in [0.25, 0.3) is 6.08 Å². The molecule has 0 amide bonds. The molecule has 1 unspecified atom stereocenters. The third kappa shape index (κ3) is 7.10. The Morgan fingerprint density at radius 1 is 1.00 bits per heavy atom. The number of hydrogen-bond acceptors (Lipinski definition) is 8. The first-order valence-corrected chi connectivity index (χ1v) is 13.1. The number of likely N-dealkylation sites (N-methyl/N-ethyl adjacent to an activating group) is 1. The van der Waals surface area contributed by atoms with Crippen LogP contribution in [-0.4, -0.2) is 50.8 Å². The lowest BCUT2D eigenvalue weighted by Crippen LogP contribution is -2.36. The van der Waals surface area contributed by atoms with Gasteiger partial charge in [-0.05, 0) is 70.7 Å². The minimum atomic E-state index is -0.752. The van der Waals surface area contributed by atoms with Crippen molar-refractivity contribution < 1.29 is 28.6 Å². The molecule has 1 saturated carbocycles. The predicted molar refractivity (Wildman–Crippen MR) is 141 cm³/mol. The molecule has 1 heterocycles. The average molecular weight is 511 g/mol. The molecule has 8 heteroatoms. The smallest absolute Gasteiger partial charge is 0.336 e. The minimum absolute atomic E-state index is 0.0472. The van der Waals surface area contributed by atoms with Crippen LogP contribution in [0.4, 0.5) is 0 Å². The Hall–Kier alpha value is -3.39. The summed E-state index contributed by atoms with van der Waals surface area (Å²) in [5.41, 5.74) is 3.25. The molecule has 1 aromatic rings. The lowest BCUT2D eigenvalue weighted by atomic mass is 9.78. The summed E-state index contributed by atoms with van der Waals surface area (Å²) >= 11 is 0. The molecule has 0 radical (unpaired) electrons. The Morgan fingerprint density at radius 3 is 2.30 bits per heavy atom. The van der Waals surface area contributed by atoms with Gasteiger partial charge in [-0.1, -0.05) is 30.7 Å². The Balaban J connectivity index is 2.07. The first kappa shape index (κ1) is 28.2. The van der Waals surface area contributed by atoms with Gasteiger partial charge in [0.25, 0.3) is 0 Å². The number of rotatable bonds is 10. The Bertz CT molecular complexity index is 1080. The normalized spacial score (nSPS) is 18.5. The topological polar surface area (TPSA) is 103 Å². The van der Waals surface area contributed by atoms with Crippen molar-refractivity contribution in [1.82, 2.24) is 10.6 Å². The van der Waals surface area contributed by atoms with E-state index >= 15 is 0 Å². The van der Waals surface area contributed by atoms with Gasteiger partial charge in [0, 0.05) is 24.0 Å². The number of benzene rings is 1. The van der Waals surface area contributed by atoms with E-state index in [-0.39, 0.29) is 19.3 Å². The van der Waals surface area contributed by atoms with Gasteiger partial charge in [-0.3, -0.25) is 0 Å². The van der Waals surface area contributed by atoms with Crippen molar-refractivity contribution in [3.8, 4) is 0 Å². The second-order valence-corrected chi connectivity index (χ2v) is 9.12. The van der Waals surface area contributed by atoms with E-state index in [1.807, 2.05) is 24.3 Å². The standard InChI is InChI=1S/C29H38N2O6/c1-5-35-28(33)25-19(3)31-23(18-30-4)27(29(34)36-6-2)26(25)22-15-11-10-12-20(22)16-17-24(32)37-21-13-8-7-9-14-21/h10-12,15-17,21,26,30-31H,5-9,13-14,18H2,1-4H3/b17-16+. The molecule has 200 valence electrons. The minimum Gasteiger partial charge on any atom is -0.463 e. The number of dihydropyridines is 1. The molecule has 1 aliphatic heterocycles. The van der Waals surface area contributed by atoms with Gasteiger partial charge in [0.05, 0.1) is 30.3 Å². The fraction of sp³-hybridized carbons (Fsp3) is 0.483. The number of hydrogen-bond donors (Lipinski definition) is 2. The maximum absolute atomic E-state index is 13.3. The predicted octanol–water partition coefficient (Wildman–Crippen LogP) is 4.14. The first-order chi connectivity index (χ1) is 17.9. The van der Waals surface area contributed by atoms with E-state index in [2.05, 4.69) is 10.6 Å². The molecule has 0 bridgehead atoms. The molecule has 8 nitrogen and oxygen atoms in total. The lowest BCUT2D eigenvalue weighted by Gasteiger charge is -2.32. The zero-order valence-electron chi connectivity index (χ0n) is 22.2. The molecule has 2 aliphatic rings. The van der Waals surface area contributed by atoms with Crippen LogP contribution in [0.15, 0.2) is 52.9 Å². The first-order valence-electron chi connectivity index (χ1n) is 13.1. The van der Waals surface area contributed by atoms with Crippen molar-refractivity contribution in [3.05, 3.63) is 64.0 Å². The summed E-state index contributed by atoms with van der Waals surface area (Å²) < 4.78 is 16.5. The molecule has 3 rings (SSSR count). The monoisotopic (exact) mass is 510 g/mol. The highest BCUT2D eigenvalue weighted by Crippen LogP contribution is 2.41. The van der Waals surface area contributed by atoms with E-state index in [0.29, 0.717) is 40.2 Å². The maximum Gasteiger partial charge on any atom is 0.336 e. The number of nitrogens with one attached hydrogen (secondary N) is 2. The summed E-state index contributed by atoms with van der Waals surface area (Å²) in [6.45, 7) is 6.01. The molecular formula is C29H38N2O6. The number of esters is 3. The van der Waals surface area contributed by atoms with Crippen LogP contribution in [-0.2, 0) is 28.6 Å². The summed E-state index contributed by atoms with van der Waals surface area (Å²) in [5, 5.41) is 6.29. The van der Waals surface area contributed by atoms with Crippen molar-refractivity contribution in [2.45, 2.75) is 64.9 Å². The third-order valence-corrected chi connectivity index (χ3v) is 6.53. The summed E-state index contributed by atoms with van der Waals surface area (Å²) in [7, 11) is 1.78. The lowest BCUT2D eigenvalue weighted by molar-refractivity contribution is -0.144. The molecule has 1 fully saturated rings. The van der Waals surface area contributed by atoms with E-state index in [4.69, 9.17) is 14.2 Å². The van der Waals surface area contributed by atoms with Gasteiger partial charge < -0.3 is 24.8 Å². The molecule has 0 saturated heterocycles. The molecule has 0 aromatic heterocycles. The van der Waals surface area contributed by atoms with Crippen LogP contribution in [0.3, 0.4) is 0 Å². The van der Waals surface area contributed by atoms with Crippen molar-refractivity contribution in [1.29, 1.82) is 0 Å². The maximum atomic E-state index is 13.3. The fourth-order valence-electron chi connectivity index (χ4n) is 4.92. The fourth-order valence-corrected chi connectivity index (χ4v) is 4.92. The molecule has 0 spiro atoms. The molecule has 2 N–H and O–H groups in total. The Morgan fingerprint density at radius 2 is 1.65 bits per heavy atom. The summed E-state index contributed by atoms with van der Waals surface area (Å²) in [4.78, 5) is 39.0. The highest BCUT2D eigenvalue weighted by molar-refractivity contribution is 6.00. The third-order valence-electron chi connectivity index (χ3n) is 6.53. The van der Waals surface area contributed by atoms with E-state index in [0.717, 1.165) is 25.7 Å². The number of carbonyl (C=O) groups excluding carboxylic acids is 3. The van der Waals surface area contributed by atoms with Crippen LogP contribution in [0.5, 0.6) is 0 Å². The van der Waals surface area contributed by atoms with E-state index in [1.54, 1.807) is 33.9 Å². The van der Waals surface area contributed by atoms with Crippen LogP contribution < -0.4 is 10.6 Å². The van der Waals surface area contributed by atoms with Crippen LogP contribution in [0.2, 0.25) is 0 Å². The molecule has 1 aromatic carbocycles. The summed E-state index contributed by atoms with van der Waals surface area (Å²) in [6.07, 6.45) is 8.14. The van der Waals surface area contributed by atoms with Crippen molar-refractivity contribution in [2.24, 2.45) is 0 Å². The molecule has 1 atom stereocenters. The largest absolute Gasteiger partial charge is 0.463 e. The van der Waals surface area contributed by atoms with E-state index in [9.17, 15) is 14.4 Å². The highest BCUT2D eigenvalue weighted by Gasteiger charge is 2.39. The van der Waals surface area contributed by atoms with Crippen LogP contribution >= 0.6 is 0 Å². The van der Waals surface area contributed by atoms with E-state index < -0.39 is 23.8 Å². The summed E-state index contributed by atoms with van der Waals surface area (Å²) in [6, 6.07) is 7.39. The second kappa shape index (κ2) is 13.8. The quantitative estimate of drug-likeness (QED) is 0.275. The number of ether oxygens (including phenoxy) is 3. The zero-order chi connectivity index (χ0) is 26.8. The second-order valence-electron chi connectivity index (χ2n) is 9.12. The van der Waals surface area contributed by atoms with Gasteiger partial charge in [-0.25, -0.2) is 14.4 Å². The Labute approximate surface area is 219 Å². The van der Waals surface area contributed by atoms with Gasteiger partial charge in [0.2, 0.25) is 0 Å². The molecular weight excluding hydrogens is 472 g/mol. The SMILES string of the molecule is CCOC(=O)C1=C(C)NC(CNC)=C(C(=O)OCC)C1c1ccccc1/C=C/C(=O)OC1CCCCC1. The van der Waals surface area contributed by atoms with Gasteiger partial charge in [0.15, 0.2) is 0 Å². The van der Waals surface area contributed by atoms with Crippen LogP contribution in [0, 0.1) is 0 Å². The van der Waals surface area contributed by atoms with Gasteiger partial charge in [-0.2, -0.15) is 0 Å². The van der Waals surface area contributed by atoms with Crippen molar-refractivity contribution >= 4 is 24.0 Å². The number of carbonyl (C=O) groups is 3. The molecule has 37 heavy (non-hydrogen) atoms. The summed E-state index contributed by atoms with van der Waals surface area (Å²) in [5.74, 6) is -2.19. The Kier molecular flexibility index (Phi) is 10.5. The van der Waals surface area contributed by atoms with Gasteiger partial charge >= 0.3 is 17.9 Å². The highest BCUT2D eigenvalue weighted by atomic mass is 16.5. The molecule has 1 aliphatic carbocycles. The van der Waals surface area contributed by atoms with Crippen LogP contribution in [0.1, 0.15) is 69.9 Å².